The van der Waals surface area contributed by atoms with Crippen molar-refractivity contribution in [3.63, 3.8) is 0 Å². The maximum atomic E-state index is 11.3. The third-order valence-electron chi connectivity index (χ3n) is 3.57. The quantitative estimate of drug-likeness (QED) is 0.400. The molecular formula is C12H13ClN5O+. The van der Waals surface area contributed by atoms with Crippen LogP contribution in [-0.2, 0) is 4.79 Å². The summed E-state index contributed by atoms with van der Waals surface area (Å²) < 4.78 is 0. The number of likely N-dealkylation sites (N-methyl/N-ethyl adjacent to an activating group) is 1. The zero-order valence-corrected chi connectivity index (χ0v) is 10.9. The van der Waals surface area contributed by atoms with Crippen molar-refractivity contribution in [2.24, 2.45) is 11.5 Å². The number of carbonyl (C=O) groups is 1. The zero-order chi connectivity index (χ0) is 13.9. The fourth-order valence-corrected chi connectivity index (χ4v) is 2.92. The Hall–Kier alpha value is -2.05. The van der Waals surface area contributed by atoms with Crippen LogP contribution in [0.3, 0.4) is 0 Å². The van der Waals surface area contributed by atoms with Crippen molar-refractivity contribution in [3.05, 3.63) is 45.5 Å². The average molecular weight is 279 g/mol. The monoisotopic (exact) mass is 278 g/mol. The molecule has 6 nitrogen and oxygen atoms in total. The Morgan fingerprint density at radius 2 is 2.26 bits per heavy atom. The number of halogens is 1. The molecule has 19 heavy (non-hydrogen) atoms. The van der Waals surface area contributed by atoms with Gasteiger partial charge in [0.15, 0.2) is 6.04 Å². The molecule has 0 aromatic heterocycles. The minimum Gasteiger partial charge on any atom is -0.396 e. The first kappa shape index (κ1) is 12.0. The minimum atomic E-state index is -0.569. The molecule has 0 fully saturated rings. The van der Waals surface area contributed by atoms with Crippen molar-refractivity contribution in [2.75, 3.05) is 7.05 Å². The number of nitrogens with one attached hydrogen (secondary N) is 3. The number of hydrogen-bond acceptors (Lipinski definition) is 4. The van der Waals surface area contributed by atoms with Gasteiger partial charge in [-0.15, -0.1) is 0 Å². The van der Waals surface area contributed by atoms with Gasteiger partial charge in [-0.25, -0.2) is 0 Å². The molecule has 1 aliphatic carbocycles. The molecule has 98 valence electrons. The first-order valence-corrected chi connectivity index (χ1v) is 6.12. The lowest BCUT2D eigenvalue weighted by Gasteiger charge is -2.29. The first-order chi connectivity index (χ1) is 8.91. The number of primary amides is 1. The van der Waals surface area contributed by atoms with Gasteiger partial charge in [0.25, 0.3) is 5.91 Å². The lowest BCUT2D eigenvalue weighted by atomic mass is 9.88. The van der Waals surface area contributed by atoms with Gasteiger partial charge in [-0.2, -0.15) is 0 Å². The normalized spacial score (nSPS) is 28.8. The van der Waals surface area contributed by atoms with Gasteiger partial charge in [0.1, 0.15) is 11.9 Å². The molecule has 0 bridgehead atoms. The van der Waals surface area contributed by atoms with Gasteiger partial charge in [-0.05, 0) is 6.08 Å². The van der Waals surface area contributed by atoms with Crippen molar-refractivity contribution in [1.82, 2.24) is 5.32 Å². The van der Waals surface area contributed by atoms with Crippen LogP contribution in [0.1, 0.15) is 0 Å². The molecule has 7 N–H and O–H groups in total. The van der Waals surface area contributed by atoms with Crippen LogP contribution >= 0.6 is 11.6 Å². The Balaban J connectivity index is 2.18. The van der Waals surface area contributed by atoms with Crippen LogP contribution in [0.4, 0.5) is 0 Å². The lowest BCUT2D eigenvalue weighted by Crippen LogP contribution is -3.08. The van der Waals surface area contributed by atoms with Crippen LogP contribution in [0.2, 0.25) is 0 Å². The number of quaternary nitrogens is 1. The van der Waals surface area contributed by atoms with Crippen molar-refractivity contribution in [1.29, 1.82) is 5.41 Å². The van der Waals surface area contributed by atoms with E-state index in [0.29, 0.717) is 11.4 Å². The maximum absolute atomic E-state index is 11.3. The number of rotatable bonds is 1. The number of dihydropyridines is 1. The molecule has 0 saturated carbocycles. The summed E-state index contributed by atoms with van der Waals surface area (Å²) in [5.41, 5.74) is 14.4. The average Bonchev–Trinajstić information content (AvgIpc) is 2.69. The van der Waals surface area contributed by atoms with Gasteiger partial charge in [-0.3, -0.25) is 15.1 Å². The minimum absolute atomic E-state index is 0.0952. The molecule has 0 saturated heterocycles. The number of hydrogen-bond donors (Lipinski definition) is 5. The maximum Gasteiger partial charge on any atom is 0.265 e. The molecule has 0 aromatic rings. The van der Waals surface area contributed by atoms with E-state index >= 15 is 0 Å². The van der Waals surface area contributed by atoms with Crippen LogP contribution in [0.5, 0.6) is 0 Å². The third-order valence-corrected chi connectivity index (χ3v) is 3.97. The molecule has 0 aromatic carbocycles. The van der Waals surface area contributed by atoms with Crippen LogP contribution in [0.15, 0.2) is 45.5 Å². The summed E-state index contributed by atoms with van der Waals surface area (Å²) in [6.45, 7) is 0. The highest BCUT2D eigenvalue weighted by Crippen LogP contribution is 2.35. The molecule has 3 rings (SSSR count). The van der Waals surface area contributed by atoms with Crippen LogP contribution in [0.25, 0.3) is 0 Å². The molecular weight excluding hydrogens is 266 g/mol. The summed E-state index contributed by atoms with van der Waals surface area (Å²) in [4.78, 5) is 12.4. The molecule has 2 atom stereocenters. The molecule has 0 radical (unpaired) electrons. The van der Waals surface area contributed by atoms with Gasteiger partial charge < -0.3 is 16.8 Å². The molecule has 0 spiro atoms. The van der Waals surface area contributed by atoms with Crippen molar-refractivity contribution >= 4 is 23.2 Å². The summed E-state index contributed by atoms with van der Waals surface area (Å²) >= 11 is 6.11. The van der Waals surface area contributed by atoms with Crippen LogP contribution in [0, 0.1) is 5.41 Å². The lowest BCUT2D eigenvalue weighted by molar-refractivity contribution is -0.835. The van der Waals surface area contributed by atoms with Gasteiger partial charge in [0, 0.05) is 5.57 Å². The van der Waals surface area contributed by atoms with Crippen molar-refractivity contribution in [3.8, 4) is 0 Å². The predicted octanol–water partition coefficient (Wildman–Crippen LogP) is -1.56. The molecule has 2 aliphatic heterocycles. The highest BCUT2D eigenvalue weighted by Gasteiger charge is 2.44. The van der Waals surface area contributed by atoms with E-state index in [4.69, 9.17) is 28.5 Å². The summed E-state index contributed by atoms with van der Waals surface area (Å²) in [5.74, 6) is -0.569. The van der Waals surface area contributed by atoms with E-state index in [1.807, 2.05) is 13.2 Å². The summed E-state index contributed by atoms with van der Waals surface area (Å²) in [7, 11) is 1.95. The second kappa shape index (κ2) is 3.72. The molecule has 2 unspecified atom stereocenters. The topological polar surface area (TPSA) is 109 Å². The SMILES string of the molecule is C[NH+]1C=C2C=C(C(N)=O)NC3=C2C1C(N)=C(Cl)C3=N. The molecule has 3 aliphatic rings. The van der Waals surface area contributed by atoms with E-state index in [-0.39, 0.29) is 22.5 Å². The zero-order valence-electron chi connectivity index (χ0n) is 10.2. The Kier molecular flexibility index (Phi) is 2.35. The van der Waals surface area contributed by atoms with Crippen molar-refractivity contribution < 1.29 is 9.69 Å². The summed E-state index contributed by atoms with van der Waals surface area (Å²) in [5, 5.41) is 11.2. The van der Waals surface area contributed by atoms with Crippen molar-refractivity contribution in [2.45, 2.75) is 6.04 Å². The summed E-state index contributed by atoms with van der Waals surface area (Å²) in [6.07, 6.45) is 3.63. The third kappa shape index (κ3) is 1.47. The fraction of sp³-hybridized carbons (Fsp3) is 0.167. The highest BCUT2D eigenvalue weighted by atomic mass is 35.5. The first-order valence-electron chi connectivity index (χ1n) is 5.74. The fourth-order valence-electron chi connectivity index (χ4n) is 2.71. The predicted molar refractivity (Wildman–Crippen MR) is 71.0 cm³/mol. The number of allylic oxidation sites excluding steroid dienone is 2. The van der Waals surface area contributed by atoms with E-state index in [1.54, 1.807) is 6.08 Å². The smallest absolute Gasteiger partial charge is 0.265 e. The Morgan fingerprint density at radius 1 is 1.58 bits per heavy atom. The van der Waals surface area contributed by atoms with E-state index < -0.39 is 5.91 Å². The Labute approximate surface area is 114 Å². The number of nitrogens with two attached hydrogens (primary N) is 2. The van der Waals surface area contributed by atoms with Gasteiger partial charge in [0.05, 0.1) is 34.8 Å². The van der Waals surface area contributed by atoms with E-state index in [1.165, 1.54) is 0 Å². The largest absolute Gasteiger partial charge is 0.396 e. The molecule has 1 amide bonds. The van der Waals surface area contributed by atoms with Crippen LogP contribution < -0.4 is 21.7 Å². The number of carbonyl (C=O) groups excluding carboxylic acids is 1. The van der Waals surface area contributed by atoms with E-state index in [0.717, 1.165) is 16.0 Å². The van der Waals surface area contributed by atoms with Crippen LogP contribution in [-0.4, -0.2) is 24.7 Å². The Morgan fingerprint density at radius 3 is 2.89 bits per heavy atom. The van der Waals surface area contributed by atoms with Gasteiger partial charge in [-0.1, -0.05) is 11.6 Å². The van der Waals surface area contributed by atoms with E-state index in [2.05, 4.69) is 5.32 Å². The van der Waals surface area contributed by atoms with Gasteiger partial charge >= 0.3 is 0 Å². The molecule has 7 heteroatoms. The second-order valence-corrected chi connectivity index (χ2v) is 5.13. The Bertz CT molecular complexity index is 655. The summed E-state index contributed by atoms with van der Waals surface area (Å²) in [6, 6.07) is -0.121. The number of amides is 1. The van der Waals surface area contributed by atoms with Gasteiger partial charge in [0.2, 0.25) is 0 Å². The standard InChI is InChI=1S/C12H12ClN5O/c1-18-3-4-2-5(12(16)19)17-10-6(4)11(18)9(15)7(13)8(10)14/h2-3,11,14,17H,15H2,1H3,(H2,16,19)/p+1. The second-order valence-electron chi connectivity index (χ2n) is 4.76. The van der Waals surface area contributed by atoms with E-state index in [9.17, 15) is 4.79 Å². The highest BCUT2D eigenvalue weighted by molar-refractivity contribution is 6.46. The molecule has 2 heterocycles.